The van der Waals surface area contributed by atoms with Crippen molar-refractivity contribution in [2.75, 3.05) is 12.8 Å². The maximum atomic E-state index is 3.49. The highest BCUT2D eigenvalue weighted by molar-refractivity contribution is 7.99. The molecule has 19 heavy (non-hydrogen) atoms. The number of hydrogen-bond donors (Lipinski definition) is 1. The van der Waals surface area contributed by atoms with Crippen molar-refractivity contribution in [2.24, 2.45) is 5.92 Å². The monoisotopic (exact) mass is 279 g/mol. The lowest BCUT2D eigenvalue weighted by molar-refractivity contribution is 0.627. The Hall–Kier alpha value is -0.470. The van der Waals surface area contributed by atoms with Crippen molar-refractivity contribution >= 4 is 11.8 Å². The van der Waals surface area contributed by atoms with Crippen molar-refractivity contribution in [2.45, 2.75) is 52.8 Å². The maximum Gasteiger partial charge on any atom is 0.0414 e. The summed E-state index contributed by atoms with van der Waals surface area (Å²) >= 11 is 2.07. The van der Waals surface area contributed by atoms with E-state index in [1.807, 2.05) is 0 Å². The van der Waals surface area contributed by atoms with Gasteiger partial charge in [0.1, 0.15) is 0 Å². The van der Waals surface area contributed by atoms with Crippen LogP contribution in [0.5, 0.6) is 0 Å². The Morgan fingerprint density at radius 3 is 2.00 bits per heavy atom. The summed E-state index contributed by atoms with van der Waals surface area (Å²) in [7, 11) is 2.07. The number of nitrogens with one attached hydrogen (secondary N) is 1. The van der Waals surface area contributed by atoms with Gasteiger partial charge in [-0.05, 0) is 50.4 Å². The highest BCUT2D eigenvalue weighted by atomic mass is 32.2. The van der Waals surface area contributed by atoms with E-state index in [1.54, 1.807) is 0 Å². The molecule has 0 amide bonds. The first-order chi connectivity index (χ1) is 8.86. The normalized spacial score (nSPS) is 14.7. The molecule has 1 rings (SSSR count). The van der Waals surface area contributed by atoms with Crippen LogP contribution in [-0.4, -0.2) is 18.1 Å². The fourth-order valence-electron chi connectivity index (χ4n) is 2.49. The Bertz CT molecular complexity index is 389. The summed E-state index contributed by atoms with van der Waals surface area (Å²) in [4.78, 5) is 0. The van der Waals surface area contributed by atoms with Crippen LogP contribution in [0.25, 0.3) is 0 Å². The van der Waals surface area contributed by atoms with Crippen LogP contribution in [0.4, 0.5) is 0 Å². The van der Waals surface area contributed by atoms with Crippen molar-refractivity contribution < 1.29 is 0 Å². The van der Waals surface area contributed by atoms with Crippen molar-refractivity contribution in [1.82, 2.24) is 5.32 Å². The minimum atomic E-state index is 0.451. The van der Waals surface area contributed by atoms with Gasteiger partial charge in [-0.3, -0.25) is 0 Å². The Labute approximate surface area is 123 Å². The average Bonchev–Trinajstić information content (AvgIpc) is 2.31. The van der Waals surface area contributed by atoms with Gasteiger partial charge in [0.05, 0.1) is 0 Å². The number of rotatable bonds is 6. The highest BCUT2D eigenvalue weighted by Gasteiger charge is 2.17. The molecule has 1 aromatic rings. The van der Waals surface area contributed by atoms with Gasteiger partial charge >= 0.3 is 0 Å². The largest absolute Gasteiger partial charge is 0.312 e. The predicted octanol–water partition coefficient (Wildman–Crippen LogP) is 4.65. The topological polar surface area (TPSA) is 12.0 Å². The minimum Gasteiger partial charge on any atom is -0.312 e. The zero-order valence-corrected chi connectivity index (χ0v) is 14.3. The molecular weight excluding hydrogens is 250 g/mol. The first-order valence-corrected chi connectivity index (χ1v) is 8.28. The predicted molar refractivity (Wildman–Crippen MR) is 89.2 cm³/mol. The van der Waals surface area contributed by atoms with Crippen molar-refractivity contribution in [3.05, 3.63) is 34.4 Å². The molecule has 2 heteroatoms. The summed E-state index contributed by atoms with van der Waals surface area (Å²) in [5.41, 5.74) is 5.66. The lowest BCUT2D eigenvalue weighted by Gasteiger charge is -2.24. The maximum absolute atomic E-state index is 3.49. The Balaban J connectivity index is 2.86. The third-order valence-corrected chi connectivity index (χ3v) is 5.50. The SMILES string of the molecule is CNC(CSC(C)C(C)C)c1c(C)cc(C)cc1C. The van der Waals surface area contributed by atoms with E-state index in [0.29, 0.717) is 11.3 Å². The average molecular weight is 279 g/mol. The molecule has 0 bridgehead atoms. The molecule has 0 fully saturated rings. The number of aryl methyl sites for hydroxylation is 3. The van der Waals surface area contributed by atoms with Crippen LogP contribution >= 0.6 is 11.8 Å². The Kier molecular flexibility index (Phi) is 6.41. The Morgan fingerprint density at radius 2 is 1.58 bits per heavy atom. The van der Waals surface area contributed by atoms with Crippen LogP contribution in [0.2, 0.25) is 0 Å². The molecule has 0 aliphatic heterocycles. The van der Waals surface area contributed by atoms with Crippen molar-refractivity contribution in [3.63, 3.8) is 0 Å². The van der Waals surface area contributed by atoms with Gasteiger partial charge in [0.25, 0.3) is 0 Å². The summed E-state index contributed by atoms with van der Waals surface area (Å²) < 4.78 is 0. The number of benzene rings is 1. The molecule has 1 aromatic carbocycles. The van der Waals surface area contributed by atoms with Gasteiger partial charge in [-0.25, -0.2) is 0 Å². The van der Waals surface area contributed by atoms with Gasteiger partial charge in [0.2, 0.25) is 0 Å². The second kappa shape index (κ2) is 7.35. The zero-order chi connectivity index (χ0) is 14.6. The standard InChI is InChI=1S/C17H29NS/c1-11(2)15(6)19-10-16(18-7)17-13(4)8-12(3)9-14(17)5/h8-9,11,15-16,18H,10H2,1-7H3. The van der Waals surface area contributed by atoms with E-state index in [2.05, 4.69) is 77.8 Å². The molecule has 1 N–H and O–H groups in total. The van der Waals surface area contributed by atoms with Gasteiger partial charge in [-0.1, -0.05) is 38.5 Å². The van der Waals surface area contributed by atoms with Crippen LogP contribution < -0.4 is 5.32 Å². The molecule has 1 nitrogen and oxygen atoms in total. The van der Waals surface area contributed by atoms with Gasteiger partial charge in [0, 0.05) is 17.0 Å². The molecule has 0 aromatic heterocycles. The molecule has 0 saturated carbocycles. The van der Waals surface area contributed by atoms with Crippen molar-refractivity contribution in [1.29, 1.82) is 0 Å². The summed E-state index contributed by atoms with van der Waals surface area (Å²) in [5, 5.41) is 4.20. The summed E-state index contributed by atoms with van der Waals surface area (Å²) in [6.07, 6.45) is 0. The van der Waals surface area contributed by atoms with E-state index < -0.39 is 0 Å². The molecule has 0 spiro atoms. The molecule has 0 aliphatic rings. The molecule has 0 aliphatic carbocycles. The number of hydrogen-bond acceptors (Lipinski definition) is 2. The van der Waals surface area contributed by atoms with Crippen LogP contribution in [0.3, 0.4) is 0 Å². The van der Waals surface area contributed by atoms with Crippen LogP contribution in [0.15, 0.2) is 12.1 Å². The van der Waals surface area contributed by atoms with Gasteiger partial charge in [-0.2, -0.15) is 11.8 Å². The van der Waals surface area contributed by atoms with E-state index in [1.165, 1.54) is 22.3 Å². The van der Waals surface area contributed by atoms with E-state index in [4.69, 9.17) is 0 Å². The third-order valence-electron chi connectivity index (χ3n) is 3.90. The minimum absolute atomic E-state index is 0.451. The molecule has 2 unspecified atom stereocenters. The molecule has 2 atom stereocenters. The Morgan fingerprint density at radius 1 is 1.05 bits per heavy atom. The summed E-state index contributed by atoms with van der Waals surface area (Å²) in [6.45, 7) is 13.6. The fraction of sp³-hybridized carbons (Fsp3) is 0.647. The second-order valence-electron chi connectivity index (χ2n) is 5.94. The molecule has 0 saturated heterocycles. The molecule has 0 radical (unpaired) electrons. The lowest BCUT2D eigenvalue weighted by atomic mass is 9.95. The zero-order valence-electron chi connectivity index (χ0n) is 13.5. The summed E-state index contributed by atoms with van der Waals surface area (Å²) in [6, 6.07) is 5.04. The van der Waals surface area contributed by atoms with E-state index in [0.717, 1.165) is 11.7 Å². The van der Waals surface area contributed by atoms with E-state index in [9.17, 15) is 0 Å². The molecule has 108 valence electrons. The van der Waals surface area contributed by atoms with Gasteiger partial charge in [0.15, 0.2) is 0 Å². The van der Waals surface area contributed by atoms with Gasteiger partial charge in [-0.15, -0.1) is 0 Å². The first kappa shape index (κ1) is 16.6. The van der Waals surface area contributed by atoms with Gasteiger partial charge < -0.3 is 5.32 Å². The van der Waals surface area contributed by atoms with Crippen LogP contribution in [0, 0.1) is 26.7 Å². The van der Waals surface area contributed by atoms with E-state index in [-0.39, 0.29) is 0 Å². The molecule has 0 heterocycles. The highest BCUT2D eigenvalue weighted by Crippen LogP contribution is 2.29. The van der Waals surface area contributed by atoms with Crippen LogP contribution in [-0.2, 0) is 0 Å². The molecular formula is C17H29NS. The smallest absolute Gasteiger partial charge is 0.0414 e. The second-order valence-corrected chi connectivity index (χ2v) is 7.35. The quantitative estimate of drug-likeness (QED) is 0.813. The summed E-state index contributed by atoms with van der Waals surface area (Å²) in [5.74, 6) is 1.88. The first-order valence-electron chi connectivity index (χ1n) is 7.23. The van der Waals surface area contributed by atoms with E-state index >= 15 is 0 Å². The fourth-order valence-corrected chi connectivity index (χ4v) is 3.71. The number of thioether (sulfide) groups is 1. The van der Waals surface area contributed by atoms with Crippen LogP contribution in [0.1, 0.15) is 49.1 Å². The lowest BCUT2D eigenvalue weighted by Crippen LogP contribution is -2.22. The third kappa shape index (κ3) is 4.54. The van der Waals surface area contributed by atoms with Crippen molar-refractivity contribution in [3.8, 4) is 0 Å².